The lowest BCUT2D eigenvalue weighted by atomic mass is 9.53. The molecular formula is C17H14O2. The smallest absolute Gasteiger partial charge is 0.123 e. The first-order chi connectivity index (χ1) is 9.32. The topological polar surface area (TPSA) is 29.5 Å². The van der Waals surface area contributed by atoms with Crippen LogP contribution < -0.4 is 0 Å². The first-order valence-corrected chi connectivity index (χ1v) is 6.84. The maximum atomic E-state index is 11.4. The van der Waals surface area contributed by atoms with Crippen LogP contribution in [0, 0.1) is 5.92 Å². The van der Waals surface area contributed by atoms with Crippen LogP contribution in [0.1, 0.15) is 28.2 Å². The fraction of sp³-hybridized carbons (Fsp3) is 0.294. The minimum atomic E-state index is -0.856. The molecule has 1 fully saturated rings. The van der Waals surface area contributed by atoms with Crippen molar-refractivity contribution in [2.75, 3.05) is 6.61 Å². The van der Waals surface area contributed by atoms with Gasteiger partial charge in [0.05, 0.1) is 12.7 Å². The van der Waals surface area contributed by atoms with Crippen molar-refractivity contribution in [3.63, 3.8) is 0 Å². The zero-order valence-electron chi connectivity index (χ0n) is 10.4. The Morgan fingerprint density at radius 2 is 1.53 bits per heavy atom. The standard InChI is InChI=1S/C17H14O2/c18-17-12-7-3-1-5-10(12)15(16-14(17)9-19-16)11-6-2-4-8-13(11)17/h1-8,14-16,18H,9H2/t14-,15?,16+,17?/m0/s1. The number of aliphatic hydroxyl groups is 1. The van der Waals surface area contributed by atoms with E-state index in [0.717, 1.165) is 11.1 Å². The van der Waals surface area contributed by atoms with Gasteiger partial charge >= 0.3 is 0 Å². The van der Waals surface area contributed by atoms with Gasteiger partial charge in [-0.2, -0.15) is 0 Å². The molecule has 0 amide bonds. The summed E-state index contributed by atoms with van der Waals surface area (Å²) in [5.41, 5.74) is 3.80. The van der Waals surface area contributed by atoms with Crippen molar-refractivity contribution in [2.45, 2.75) is 17.6 Å². The maximum Gasteiger partial charge on any atom is 0.123 e. The summed E-state index contributed by atoms with van der Waals surface area (Å²) in [5, 5.41) is 11.4. The number of ether oxygens (including phenoxy) is 1. The van der Waals surface area contributed by atoms with Gasteiger partial charge in [-0.25, -0.2) is 0 Å². The summed E-state index contributed by atoms with van der Waals surface area (Å²) < 4.78 is 5.79. The van der Waals surface area contributed by atoms with Gasteiger partial charge in [0.25, 0.3) is 0 Å². The number of benzene rings is 2. The molecule has 19 heavy (non-hydrogen) atoms. The molecule has 1 saturated heterocycles. The SMILES string of the molecule is OC12c3ccccc3C(c3ccccc31)[C@@H]1OC[C@@H]12. The summed E-state index contributed by atoms with van der Waals surface area (Å²) in [6.07, 6.45) is 0.148. The van der Waals surface area contributed by atoms with Crippen LogP contribution in [0.4, 0.5) is 0 Å². The van der Waals surface area contributed by atoms with E-state index in [2.05, 4.69) is 36.4 Å². The fourth-order valence-electron chi connectivity index (χ4n) is 4.29. The molecule has 94 valence electrons. The van der Waals surface area contributed by atoms with Gasteiger partial charge in [0.1, 0.15) is 5.60 Å². The van der Waals surface area contributed by atoms with E-state index in [0.29, 0.717) is 12.5 Å². The molecule has 0 saturated carbocycles. The molecule has 6 rings (SSSR count). The van der Waals surface area contributed by atoms with Crippen LogP contribution in [0.5, 0.6) is 0 Å². The molecule has 2 aromatic rings. The van der Waals surface area contributed by atoms with Gasteiger partial charge in [-0.15, -0.1) is 0 Å². The lowest BCUT2D eigenvalue weighted by molar-refractivity contribution is -0.211. The minimum Gasteiger partial charge on any atom is -0.380 e. The van der Waals surface area contributed by atoms with E-state index in [4.69, 9.17) is 4.74 Å². The van der Waals surface area contributed by atoms with Crippen molar-refractivity contribution in [1.82, 2.24) is 0 Å². The monoisotopic (exact) mass is 250 g/mol. The molecule has 0 unspecified atom stereocenters. The van der Waals surface area contributed by atoms with Gasteiger partial charge in [-0.1, -0.05) is 48.5 Å². The Bertz CT molecular complexity index is 644. The van der Waals surface area contributed by atoms with Gasteiger partial charge < -0.3 is 9.84 Å². The zero-order chi connectivity index (χ0) is 12.6. The maximum absolute atomic E-state index is 11.4. The van der Waals surface area contributed by atoms with Gasteiger partial charge in [-0.3, -0.25) is 0 Å². The Labute approximate surface area is 111 Å². The van der Waals surface area contributed by atoms with Gasteiger partial charge in [0.2, 0.25) is 0 Å². The predicted octanol–water partition coefficient (Wildman–Crippen LogP) is 2.40. The second-order valence-electron chi connectivity index (χ2n) is 5.82. The van der Waals surface area contributed by atoms with Crippen LogP contribution in [0.2, 0.25) is 0 Å². The minimum absolute atomic E-state index is 0.148. The predicted molar refractivity (Wildman–Crippen MR) is 71.0 cm³/mol. The highest BCUT2D eigenvalue weighted by atomic mass is 16.5. The van der Waals surface area contributed by atoms with E-state index in [1.165, 1.54) is 11.1 Å². The zero-order valence-corrected chi connectivity index (χ0v) is 10.4. The van der Waals surface area contributed by atoms with Gasteiger partial charge in [-0.05, 0) is 22.3 Å². The summed E-state index contributed by atoms with van der Waals surface area (Å²) in [4.78, 5) is 0. The summed E-state index contributed by atoms with van der Waals surface area (Å²) in [6.45, 7) is 0.667. The molecule has 2 atom stereocenters. The Kier molecular flexibility index (Phi) is 1.65. The molecule has 1 heterocycles. The fourth-order valence-corrected chi connectivity index (χ4v) is 4.29. The Balaban J connectivity index is 1.92. The lowest BCUT2D eigenvalue weighted by Gasteiger charge is -2.59. The van der Waals surface area contributed by atoms with Crippen LogP contribution in [0.25, 0.3) is 0 Å². The highest BCUT2D eigenvalue weighted by molar-refractivity contribution is 5.59. The van der Waals surface area contributed by atoms with Crippen LogP contribution >= 0.6 is 0 Å². The summed E-state index contributed by atoms with van der Waals surface area (Å²) >= 11 is 0. The van der Waals surface area contributed by atoms with Crippen molar-refractivity contribution >= 4 is 0 Å². The molecule has 0 spiro atoms. The molecule has 0 aromatic heterocycles. The molecule has 1 aliphatic heterocycles. The normalized spacial score (nSPS) is 37.0. The van der Waals surface area contributed by atoms with Crippen LogP contribution in [0.15, 0.2) is 48.5 Å². The highest BCUT2D eigenvalue weighted by Gasteiger charge is 2.62. The summed E-state index contributed by atoms with van der Waals surface area (Å²) in [5.74, 6) is 0.502. The third-order valence-electron chi connectivity index (χ3n) is 5.14. The van der Waals surface area contributed by atoms with Gasteiger partial charge in [0, 0.05) is 11.8 Å². The number of rotatable bonds is 0. The van der Waals surface area contributed by atoms with E-state index in [-0.39, 0.29) is 12.0 Å². The molecule has 2 bridgehead atoms. The summed E-state index contributed by atoms with van der Waals surface area (Å²) in [7, 11) is 0. The average Bonchev–Trinajstić information content (AvgIpc) is 2.41. The second kappa shape index (κ2) is 3.09. The van der Waals surface area contributed by atoms with Crippen molar-refractivity contribution in [1.29, 1.82) is 0 Å². The third kappa shape index (κ3) is 0.957. The van der Waals surface area contributed by atoms with Crippen molar-refractivity contribution in [2.24, 2.45) is 5.92 Å². The first kappa shape index (κ1) is 10.2. The van der Waals surface area contributed by atoms with Crippen molar-refractivity contribution < 1.29 is 9.84 Å². The van der Waals surface area contributed by atoms with Crippen molar-refractivity contribution in [3.8, 4) is 0 Å². The summed E-state index contributed by atoms with van der Waals surface area (Å²) in [6, 6.07) is 16.6. The molecular weight excluding hydrogens is 236 g/mol. The molecule has 2 heteroatoms. The van der Waals surface area contributed by atoms with E-state index in [1.807, 2.05) is 12.1 Å². The number of hydrogen-bond acceptors (Lipinski definition) is 2. The second-order valence-corrected chi connectivity index (χ2v) is 5.82. The Morgan fingerprint density at radius 1 is 0.947 bits per heavy atom. The molecule has 4 aliphatic rings. The Hall–Kier alpha value is -1.64. The largest absolute Gasteiger partial charge is 0.380 e. The van der Waals surface area contributed by atoms with E-state index >= 15 is 0 Å². The number of hydrogen-bond donors (Lipinski definition) is 1. The first-order valence-electron chi connectivity index (χ1n) is 6.84. The molecule has 0 radical (unpaired) electrons. The van der Waals surface area contributed by atoms with E-state index < -0.39 is 5.60 Å². The van der Waals surface area contributed by atoms with E-state index in [9.17, 15) is 5.11 Å². The van der Waals surface area contributed by atoms with Crippen LogP contribution in [0.3, 0.4) is 0 Å². The quantitative estimate of drug-likeness (QED) is 0.778. The molecule has 2 nitrogen and oxygen atoms in total. The van der Waals surface area contributed by atoms with E-state index in [1.54, 1.807) is 0 Å². The molecule has 1 N–H and O–H groups in total. The average molecular weight is 250 g/mol. The van der Waals surface area contributed by atoms with Crippen molar-refractivity contribution in [3.05, 3.63) is 70.8 Å². The molecule has 3 aliphatic carbocycles. The highest BCUT2D eigenvalue weighted by Crippen LogP contribution is 2.61. The Morgan fingerprint density at radius 3 is 2.05 bits per heavy atom. The lowest BCUT2D eigenvalue weighted by Crippen LogP contribution is -2.63. The molecule has 2 aromatic carbocycles. The van der Waals surface area contributed by atoms with Crippen LogP contribution in [-0.4, -0.2) is 17.8 Å². The van der Waals surface area contributed by atoms with Gasteiger partial charge in [0.15, 0.2) is 0 Å². The van der Waals surface area contributed by atoms with Crippen LogP contribution in [-0.2, 0) is 10.3 Å². The third-order valence-corrected chi connectivity index (χ3v) is 5.14.